The van der Waals surface area contributed by atoms with Crippen molar-refractivity contribution in [3.8, 4) is 0 Å². The van der Waals surface area contributed by atoms with Crippen LogP contribution in [0.15, 0.2) is 48.7 Å². The van der Waals surface area contributed by atoms with Crippen LogP contribution < -0.4 is 10.7 Å². The van der Waals surface area contributed by atoms with Crippen LogP contribution in [0.3, 0.4) is 0 Å². The smallest absolute Gasteiger partial charge is 0.0553 e. The van der Waals surface area contributed by atoms with Crippen molar-refractivity contribution < 1.29 is 0 Å². The van der Waals surface area contributed by atoms with E-state index in [1.807, 2.05) is 12.3 Å². The van der Waals surface area contributed by atoms with E-state index in [1.54, 1.807) is 0 Å². The highest BCUT2D eigenvalue weighted by Crippen LogP contribution is 2.46. The summed E-state index contributed by atoms with van der Waals surface area (Å²) in [5, 5.41) is 1.67. The van der Waals surface area contributed by atoms with Crippen molar-refractivity contribution in [3.63, 3.8) is 0 Å². The molecule has 0 N–H and O–H groups in total. The molecule has 1 unspecified atom stereocenters. The normalized spacial score (nSPS) is 13.7. The van der Waals surface area contributed by atoms with Gasteiger partial charge in [0.25, 0.3) is 0 Å². The Bertz CT molecular complexity index is 426. The van der Waals surface area contributed by atoms with Crippen LogP contribution in [-0.4, -0.2) is 10.1 Å². The van der Waals surface area contributed by atoms with Crippen molar-refractivity contribution in [1.82, 2.24) is 4.98 Å². The highest BCUT2D eigenvalue weighted by Gasteiger charge is 2.24. The summed E-state index contributed by atoms with van der Waals surface area (Å²) in [4.78, 5) is 4.53. The van der Waals surface area contributed by atoms with Crippen LogP contribution in [0.1, 0.15) is 20.8 Å². The molecule has 2 rings (SSSR count). The van der Waals surface area contributed by atoms with E-state index in [2.05, 4.69) is 62.2 Å². The van der Waals surface area contributed by atoms with Gasteiger partial charge in [0, 0.05) is 6.20 Å². The maximum Gasteiger partial charge on any atom is 0.0553 e. The van der Waals surface area contributed by atoms with E-state index in [1.165, 1.54) is 10.7 Å². The van der Waals surface area contributed by atoms with Crippen LogP contribution in [0.5, 0.6) is 0 Å². The average Bonchev–Trinajstić information content (AvgIpc) is 2.71. The molecule has 0 spiro atoms. The molecule has 0 saturated heterocycles. The standard InChI is InChI=1S/C14H17NP/c1-14(2,3)16(12-8-4-5-9-12)13-10-6-7-11-15-13/h4-11H,1-3H3/q-1. The van der Waals surface area contributed by atoms with Crippen LogP contribution in [0, 0.1) is 0 Å². The van der Waals surface area contributed by atoms with Gasteiger partial charge in [-0.15, -0.1) is 0 Å². The summed E-state index contributed by atoms with van der Waals surface area (Å²) < 4.78 is 0. The molecule has 2 heteroatoms. The van der Waals surface area contributed by atoms with Crippen molar-refractivity contribution in [2.75, 3.05) is 0 Å². The molecule has 16 heavy (non-hydrogen) atoms. The van der Waals surface area contributed by atoms with Gasteiger partial charge in [0.05, 0.1) is 5.44 Å². The van der Waals surface area contributed by atoms with Gasteiger partial charge in [-0.3, -0.25) is 4.98 Å². The zero-order valence-electron chi connectivity index (χ0n) is 10.0. The lowest BCUT2D eigenvalue weighted by Crippen LogP contribution is -2.27. The van der Waals surface area contributed by atoms with Crippen LogP contribution in [0.2, 0.25) is 0 Å². The first-order chi connectivity index (χ1) is 7.59. The minimum Gasteiger partial charge on any atom is -0.257 e. The number of pyridine rings is 1. The first-order valence-corrected chi connectivity index (χ1v) is 6.86. The minimum absolute atomic E-state index is 0.248. The SMILES string of the molecule is CC(C)(C)P(c1cc[cH-]c1)c1ccccn1. The van der Waals surface area contributed by atoms with Gasteiger partial charge in [0.2, 0.25) is 0 Å². The zero-order valence-corrected chi connectivity index (χ0v) is 10.9. The summed E-state index contributed by atoms with van der Waals surface area (Å²) in [7, 11) is -0.366. The van der Waals surface area contributed by atoms with Crippen molar-refractivity contribution in [2.45, 2.75) is 25.9 Å². The molecule has 1 atom stereocenters. The molecule has 0 aliphatic heterocycles. The quantitative estimate of drug-likeness (QED) is 0.571. The summed E-state index contributed by atoms with van der Waals surface area (Å²) >= 11 is 0. The van der Waals surface area contributed by atoms with Crippen molar-refractivity contribution in [3.05, 3.63) is 48.7 Å². The fourth-order valence-electron chi connectivity index (χ4n) is 1.86. The number of aromatic nitrogens is 1. The topological polar surface area (TPSA) is 12.9 Å². The summed E-state index contributed by atoms with van der Waals surface area (Å²) in [6.07, 6.45) is 1.89. The average molecular weight is 230 g/mol. The molecule has 1 heterocycles. The van der Waals surface area contributed by atoms with E-state index in [0.717, 1.165) is 0 Å². The predicted molar refractivity (Wildman–Crippen MR) is 72.2 cm³/mol. The molecule has 0 amide bonds. The van der Waals surface area contributed by atoms with Gasteiger partial charge in [-0.05, 0) is 17.3 Å². The minimum atomic E-state index is -0.366. The molecule has 0 saturated carbocycles. The molecule has 1 nitrogen and oxygen atoms in total. The molecule has 0 radical (unpaired) electrons. The van der Waals surface area contributed by atoms with Gasteiger partial charge in [-0.25, -0.2) is 6.07 Å². The Morgan fingerprint density at radius 3 is 2.50 bits per heavy atom. The molecule has 2 aromatic rings. The third-order valence-electron chi connectivity index (χ3n) is 2.45. The molecule has 0 bridgehead atoms. The number of nitrogens with zero attached hydrogens (tertiary/aromatic N) is 1. The van der Waals surface area contributed by atoms with Crippen molar-refractivity contribution in [2.24, 2.45) is 0 Å². The van der Waals surface area contributed by atoms with Gasteiger partial charge in [0.15, 0.2) is 0 Å². The molecule has 0 aliphatic rings. The molecule has 1 aromatic carbocycles. The number of hydrogen-bond acceptors (Lipinski definition) is 1. The highest BCUT2D eigenvalue weighted by molar-refractivity contribution is 7.74. The molecular weight excluding hydrogens is 213 g/mol. The van der Waals surface area contributed by atoms with Gasteiger partial charge in [-0.1, -0.05) is 34.8 Å². The lowest BCUT2D eigenvalue weighted by atomic mass is 10.3. The van der Waals surface area contributed by atoms with Gasteiger partial charge in [0.1, 0.15) is 0 Å². The van der Waals surface area contributed by atoms with E-state index in [9.17, 15) is 0 Å². The Morgan fingerprint density at radius 1 is 1.19 bits per heavy atom. The first kappa shape index (κ1) is 11.4. The highest BCUT2D eigenvalue weighted by atomic mass is 31.1. The molecule has 1 aromatic heterocycles. The summed E-state index contributed by atoms with van der Waals surface area (Å²) in [5.41, 5.74) is 1.22. The van der Waals surface area contributed by atoms with Crippen LogP contribution in [0.25, 0.3) is 0 Å². The number of rotatable bonds is 2. The van der Waals surface area contributed by atoms with E-state index in [-0.39, 0.29) is 13.1 Å². The fourth-order valence-corrected chi connectivity index (χ4v) is 4.48. The van der Waals surface area contributed by atoms with Crippen LogP contribution >= 0.6 is 7.92 Å². The Morgan fingerprint density at radius 2 is 2.00 bits per heavy atom. The molecular formula is C14H17NP-. The Labute approximate surface area is 98.7 Å². The second-order valence-electron chi connectivity index (χ2n) is 4.84. The zero-order chi connectivity index (χ0) is 11.6. The maximum atomic E-state index is 4.53. The summed E-state index contributed by atoms with van der Waals surface area (Å²) in [6.45, 7) is 6.88. The summed E-state index contributed by atoms with van der Waals surface area (Å²) in [5.74, 6) is 0. The second-order valence-corrected chi connectivity index (χ2v) is 7.82. The molecule has 0 aliphatic carbocycles. The monoisotopic (exact) mass is 230 g/mol. The van der Waals surface area contributed by atoms with Crippen molar-refractivity contribution >= 4 is 18.7 Å². The van der Waals surface area contributed by atoms with Crippen LogP contribution in [-0.2, 0) is 0 Å². The predicted octanol–water partition coefficient (Wildman–Crippen LogP) is 3.03. The fraction of sp³-hybridized carbons (Fsp3) is 0.286. The van der Waals surface area contributed by atoms with Gasteiger partial charge >= 0.3 is 0 Å². The first-order valence-electron chi connectivity index (χ1n) is 5.52. The lowest BCUT2D eigenvalue weighted by molar-refractivity contribution is 0.792. The Kier molecular flexibility index (Phi) is 3.16. The lowest BCUT2D eigenvalue weighted by Gasteiger charge is -2.34. The van der Waals surface area contributed by atoms with E-state index in [4.69, 9.17) is 0 Å². The van der Waals surface area contributed by atoms with Gasteiger partial charge in [-0.2, -0.15) is 23.5 Å². The molecule has 84 valence electrons. The second kappa shape index (κ2) is 4.43. The van der Waals surface area contributed by atoms with Crippen molar-refractivity contribution in [1.29, 1.82) is 0 Å². The summed E-state index contributed by atoms with van der Waals surface area (Å²) in [6, 6.07) is 14.8. The van der Waals surface area contributed by atoms with Gasteiger partial charge < -0.3 is 0 Å². The van der Waals surface area contributed by atoms with E-state index >= 15 is 0 Å². The van der Waals surface area contributed by atoms with E-state index < -0.39 is 0 Å². The number of hydrogen-bond donors (Lipinski definition) is 0. The van der Waals surface area contributed by atoms with Crippen LogP contribution in [0.4, 0.5) is 0 Å². The largest absolute Gasteiger partial charge is 0.257 e. The van der Waals surface area contributed by atoms with E-state index in [0.29, 0.717) is 0 Å². The Hall–Kier alpha value is -1.07. The third-order valence-corrected chi connectivity index (χ3v) is 5.33. The third kappa shape index (κ3) is 2.36. The maximum absolute atomic E-state index is 4.53. The molecule has 0 fully saturated rings. The Balaban J connectivity index is 2.45.